The van der Waals surface area contributed by atoms with E-state index in [1.54, 1.807) is 13.8 Å². The number of amides is 1. The van der Waals surface area contributed by atoms with Crippen LogP contribution >= 0.6 is 0 Å². The lowest BCUT2D eigenvalue weighted by atomic mass is 9.88. The van der Waals surface area contributed by atoms with E-state index in [0.717, 1.165) is 23.5 Å². The molecule has 2 bridgehead atoms. The fourth-order valence-corrected chi connectivity index (χ4v) is 5.85. The van der Waals surface area contributed by atoms with E-state index in [9.17, 15) is 13.2 Å². The summed E-state index contributed by atoms with van der Waals surface area (Å²) < 4.78 is 27.0. The van der Waals surface area contributed by atoms with E-state index in [-0.39, 0.29) is 23.6 Å². The molecule has 138 valence electrons. The van der Waals surface area contributed by atoms with Crippen LogP contribution in [-0.2, 0) is 27.1 Å². The Morgan fingerprint density at radius 3 is 2.48 bits per heavy atom. The maximum Gasteiger partial charge on any atom is 0.223 e. The third-order valence-electron chi connectivity index (χ3n) is 5.41. The lowest BCUT2D eigenvalue weighted by Crippen LogP contribution is -2.34. The van der Waals surface area contributed by atoms with Gasteiger partial charge in [-0.1, -0.05) is 30.7 Å². The molecule has 0 unspecified atom stereocenters. The SMILES string of the molecule is CC(C)NS(=O)(=O)Cc1ccccc1CNC(=O)[C@@H]1C[C@H]2CC[C@H]1C2. The summed E-state index contributed by atoms with van der Waals surface area (Å²) in [6, 6.07) is 7.29. The van der Waals surface area contributed by atoms with Gasteiger partial charge in [-0.2, -0.15) is 0 Å². The van der Waals surface area contributed by atoms with Crippen LogP contribution in [0.1, 0.15) is 50.7 Å². The molecule has 2 aliphatic rings. The first kappa shape index (κ1) is 18.4. The second kappa shape index (κ2) is 7.46. The van der Waals surface area contributed by atoms with Crippen molar-refractivity contribution < 1.29 is 13.2 Å². The average molecular weight is 365 g/mol. The number of carbonyl (C=O) groups is 1. The Morgan fingerprint density at radius 1 is 1.16 bits per heavy atom. The number of rotatable bonds is 7. The molecule has 0 aromatic heterocycles. The molecule has 1 amide bonds. The molecule has 6 heteroatoms. The third kappa shape index (κ3) is 4.61. The molecular weight excluding hydrogens is 336 g/mol. The fraction of sp³-hybridized carbons (Fsp3) is 0.632. The van der Waals surface area contributed by atoms with Crippen molar-refractivity contribution in [2.45, 2.75) is 57.9 Å². The van der Waals surface area contributed by atoms with Crippen LogP contribution in [0.2, 0.25) is 0 Å². The first-order valence-electron chi connectivity index (χ1n) is 9.18. The molecule has 25 heavy (non-hydrogen) atoms. The van der Waals surface area contributed by atoms with Crippen molar-refractivity contribution in [2.24, 2.45) is 17.8 Å². The van der Waals surface area contributed by atoms with Crippen LogP contribution in [-0.4, -0.2) is 20.4 Å². The van der Waals surface area contributed by atoms with Gasteiger partial charge in [-0.25, -0.2) is 13.1 Å². The van der Waals surface area contributed by atoms with Crippen molar-refractivity contribution in [2.75, 3.05) is 0 Å². The highest BCUT2D eigenvalue weighted by molar-refractivity contribution is 7.88. The normalized spacial score (nSPS) is 25.5. The van der Waals surface area contributed by atoms with Crippen LogP contribution in [0.5, 0.6) is 0 Å². The summed E-state index contributed by atoms with van der Waals surface area (Å²) in [6.45, 7) is 4.00. The first-order chi connectivity index (χ1) is 11.8. The van der Waals surface area contributed by atoms with Gasteiger partial charge in [-0.15, -0.1) is 0 Å². The number of carbonyl (C=O) groups excluding carboxylic acids is 1. The summed E-state index contributed by atoms with van der Waals surface area (Å²) in [5.74, 6) is 1.50. The quantitative estimate of drug-likeness (QED) is 0.781. The van der Waals surface area contributed by atoms with Crippen molar-refractivity contribution >= 4 is 15.9 Å². The monoisotopic (exact) mass is 364 g/mol. The standard InChI is InChI=1S/C19H28N2O3S/c1-13(2)21-25(23,24)12-17-6-4-3-5-16(17)11-20-19(22)18-10-14-7-8-15(18)9-14/h3-6,13-15,18,21H,7-12H2,1-2H3,(H,20,22)/t14-,15-,18+/m0/s1. The Bertz CT molecular complexity index is 730. The number of nitrogens with one attached hydrogen (secondary N) is 2. The van der Waals surface area contributed by atoms with Crippen LogP contribution in [0.4, 0.5) is 0 Å². The summed E-state index contributed by atoms with van der Waals surface area (Å²) >= 11 is 0. The third-order valence-corrected chi connectivity index (χ3v) is 6.93. The van der Waals surface area contributed by atoms with E-state index in [2.05, 4.69) is 10.0 Å². The molecule has 3 atom stereocenters. The molecule has 3 rings (SSSR count). The van der Waals surface area contributed by atoms with E-state index < -0.39 is 10.0 Å². The Hall–Kier alpha value is -1.40. The van der Waals surface area contributed by atoms with Crippen molar-refractivity contribution in [3.05, 3.63) is 35.4 Å². The van der Waals surface area contributed by atoms with Crippen LogP contribution in [0.3, 0.4) is 0 Å². The van der Waals surface area contributed by atoms with Gasteiger partial charge < -0.3 is 5.32 Å². The minimum absolute atomic E-state index is 0.0641. The lowest BCUT2D eigenvalue weighted by molar-refractivity contribution is -0.126. The van der Waals surface area contributed by atoms with E-state index in [1.165, 1.54) is 19.3 Å². The molecule has 2 N–H and O–H groups in total. The maximum absolute atomic E-state index is 12.5. The Kier molecular flexibility index (Phi) is 5.49. The molecule has 0 spiro atoms. The number of hydrogen-bond acceptors (Lipinski definition) is 3. The van der Waals surface area contributed by atoms with Gasteiger partial charge in [0.15, 0.2) is 0 Å². The van der Waals surface area contributed by atoms with Gasteiger partial charge in [0.25, 0.3) is 0 Å². The van der Waals surface area contributed by atoms with Gasteiger partial charge in [0.05, 0.1) is 5.75 Å². The molecular formula is C19H28N2O3S. The molecule has 2 saturated carbocycles. The van der Waals surface area contributed by atoms with Crippen LogP contribution in [0, 0.1) is 17.8 Å². The molecule has 5 nitrogen and oxygen atoms in total. The number of sulfonamides is 1. The maximum atomic E-state index is 12.5. The highest BCUT2D eigenvalue weighted by Gasteiger charge is 2.42. The average Bonchev–Trinajstić information content (AvgIpc) is 3.15. The van der Waals surface area contributed by atoms with E-state index in [4.69, 9.17) is 0 Å². The van der Waals surface area contributed by atoms with Crippen LogP contribution in [0.15, 0.2) is 24.3 Å². The summed E-state index contributed by atoms with van der Waals surface area (Å²) in [6.07, 6.45) is 4.68. The topological polar surface area (TPSA) is 75.3 Å². The molecule has 0 heterocycles. The van der Waals surface area contributed by atoms with Crippen molar-refractivity contribution in [1.29, 1.82) is 0 Å². The molecule has 1 aromatic carbocycles. The van der Waals surface area contributed by atoms with Crippen molar-refractivity contribution in [3.8, 4) is 0 Å². The summed E-state index contributed by atoms with van der Waals surface area (Å²) in [5, 5.41) is 3.04. The van der Waals surface area contributed by atoms with Gasteiger partial charge >= 0.3 is 0 Å². The van der Waals surface area contributed by atoms with Gasteiger partial charge in [0.2, 0.25) is 15.9 Å². The minimum Gasteiger partial charge on any atom is -0.352 e. The van der Waals surface area contributed by atoms with Crippen molar-refractivity contribution in [1.82, 2.24) is 10.0 Å². The van der Waals surface area contributed by atoms with Gasteiger partial charge in [0.1, 0.15) is 0 Å². The fourth-order valence-electron chi connectivity index (χ4n) is 4.36. The smallest absolute Gasteiger partial charge is 0.223 e. The second-order valence-electron chi connectivity index (χ2n) is 7.80. The Morgan fingerprint density at radius 2 is 1.88 bits per heavy atom. The zero-order valence-corrected chi connectivity index (χ0v) is 15.8. The Labute approximate surface area is 150 Å². The van der Waals surface area contributed by atoms with Crippen LogP contribution in [0.25, 0.3) is 0 Å². The summed E-state index contributed by atoms with van der Waals surface area (Å²) in [7, 11) is -3.38. The van der Waals surface area contributed by atoms with E-state index in [0.29, 0.717) is 12.5 Å². The highest BCUT2D eigenvalue weighted by atomic mass is 32.2. The van der Waals surface area contributed by atoms with Gasteiger partial charge in [-0.05, 0) is 56.1 Å². The van der Waals surface area contributed by atoms with Gasteiger partial charge in [-0.3, -0.25) is 4.79 Å². The predicted octanol–water partition coefficient (Wildman–Crippen LogP) is 2.57. The Balaban J connectivity index is 1.62. The zero-order valence-electron chi connectivity index (χ0n) is 15.0. The second-order valence-corrected chi connectivity index (χ2v) is 9.55. The van der Waals surface area contributed by atoms with Crippen LogP contribution < -0.4 is 10.0 Å². The molecule has 0 aliphatic heterocycles. The van der Waals surface area contributed by atoms with E-state index in [1.807, 2.05) is 24.3 Å². The predicted molar refractivity (Wildman–Crippen MR) is 98.1 cm³/mol. The minimum atomic E-state index is -3.38. The summed E-state index contributed by atoms with van der Waals surface area (Å²) in [4.78, 5) is 12.5. The number of hydrogen-bond donors (Lipinski definition) is 2. The van der Waals surface area contributed by atoms with E-state index >= 15 is 0 Å². The van der Waals surface area contributed by atoms with Gasteiger partial charge in [0, 0.05) is 18.5 Å². The molecule has 2 fully saturated rings. The lowest BCUT2D eigenvalue weighted by Gasteiger charge is -2.21. The first-order valence-corrected chi connectivity index (χ1v) is 10.8. The summed E-state index contributed by atoms with van der Waals surface area (Å²) in [5.41, 5.74) is 1.61. The zero-order chi connectivity index (χ0) is 18.0. The van der Waals surface area contributed by atoms with Crippen molar-refractivity contribution in [3.63, 3.8) is 0 Å². The molecule has 1 aromatic rings. The highest BCUT2D eigenvalue weighted by Crippen LogP contribution is 2.48. The molecule has 2 aliphatic carbocycles. The number of fused-ring (bicyclic) bond motifs is 2. The number of benzene rings is 1. The molecule has 0 radical (unpaired) electrons. The molecule has 0 saturated heterocycles. The largest absolute Gasteiger partial charge is 0.352 e.